The average molecular weight is 261 g/mol. The Morgan fingerprint density at radius 3 is 2.80 bits per heavy atom. The van der Waals surface area contributed by atoms with E-state index in [1.54, 1.807) is 18.2 Å². The molecule has 0 radical (unpaired) electrons. The molecular weight excluding hydrogens is 255 g/mol. The van der Waals surface area contributed by atoms with Crippen LogP contribution in [0, 0.1) is 0 Å². The molecule has 0 fully saturated rings. The number of halogens is 2. The summed E-state index contributed by atoms with van der Waals surface area (Å²) in [5.41, 5.74) is 0.786. The largest absolute Gasteiger partial charge is 0.392 e. The van der Waals surface area contributed by atoms with Gasteiger partial charge in [-0.1, -0.05) is 23.7 Å². The molecule has 0 bridgehead atoms. The van der Waals surface area contributed by atoms with Gasteiger partial charge in [0.25, 0.3) is 5.24 Å². The summed E-state index contributed by atoms with van der Waals surface area (Å²) in [7, 11) is 0. The maximum atomic E-state index is 11.0. The normalized spacial score (nSPS) is 10.9. The third-order valence-electron chi connectivity index (χ3n) is 2.05. The molecule has 2 aromatic rings. The molecule has 0 aliphatic rings. The first-order chi connectivity index (χ1) is 7.13. The van der Waals surface area contributed by atoms with Crippen molar-refractivity contribution in [1.29, 1.82) is 0 Å². The highest BCUT2D eigenvalue weighted by molar-refractivity contribution is 7.23. The quantitative estimate of drug-likeness (QED) is 0.841. The second-order valence-electron chi connectivity index (χ2n) is 3.01. The summed E-state index contributed by atoms with van der Waals surface area (Å²) in [5.74, 6) is 0. The highest BCUT2D eigenvalue weighted by atomic mass is 35.5. The van der Waals surface area contributed by atoms with Crippen molar-refractivity contribution < 1.29 is 9.90 Å². The lowest BCUT2D eigenvalue weighted by atomic mass is 10.2. The van der Waals surface area contributed by atoms with Crippen molar-refractivity contribution in [1.82, 2.24) is 0 Å². The average Bonchev–Trinajstić information content (AvgIpc) is 2.55. The number of aliphatic hydroxyl groups excluding tert-OH is 1. The molecule has 0 amide bonds. The van der Waals surface area contributed by atoms with Gasteiger partial charge in [-0.05, 0) is 23.2 Å². The summed E-state index contributed by atoms with van der Waals surface area (Å²) in [6, 6.07) is 5.35. The van der Waals surface area contributed by atoms with Crippen LogP contribution in [0.15, 0.2) is 18.2 Å². The van der Waals surface area contributed by atoms with Crippen LogP contribution in [0.3, 0.4) is 0 Å². The third kappa shape index (κ3) is 1.88. The van der Waals surface area contributed by atoms with E-state index in [-0.39, 0.29) is 6.61 Å². The Morgan fingerprint density at radius 2 is 2.20 bits per heavy atom. The Labute approximate surface area is 100 Å². The Bertz CT molecular complexity index is 533. The number of fused-ring (bicyclic) bond motifs is 1. The van der Waals surface area contributed by atoms with Crippen molar-refractivity contribution in [2.45, 2.75) is 6.61 Å². The molecular formula is C10H6Cl2O2S. The maximum Gasteiger partial charge on any atom is 0.263 e. The molecule has 0 spiro atoms. The summed E-state index contributed by atoms with van der Waals surface area (Å²) in [6.07, 6.45) is 0. The Kier molecular flexibility index (Phi) is 2.98. The first kappa shape index (κ1) is 10.9. The molecule has 15 heavy (non-hydrogen) atoms. The number of benzene rings is 1. The monoisotopic (exact) mass is 260 g/mol. The van der Waals surface area contributed by atoms with Crippen molar-refractivity contribution in [2.24, 2.45) is 0 Å². The van der Waals surface area contributed by atoms with Crippen molar-refractivity contribution >= 4 is 49.9 Å². The van der Waals surface area contributed by atoms with Crippen molar-refractivity contribution in [3.8, 4) is 0 Å². The highest BCUT2D eigenvalue weighted by Gasteiger charge is 2.15. The van der Waals surface area contributed by atoms with Crippen LogP contribution in [-0.2, 0) is 6.61 Å². The molecule has 0 saturated carbocycles. The minimum atomic E-state index is -0.549. The standard InChI is InChI=1S/C10H6Cl2O2S/c11-8-6-2-1-5(4-13)3-7(6)15-9(8)10(12)14/h1-3,13H,4H2. The fourth-order valence-corrected chi connectivity index (χ4v) is 3.01. The van der Waals surface area contributed by atoms with Gasteiger partial charge in [-0.25, -0.2) is 0 Å². The maximum absolute atomic E-state index is 11.0. The van der Waals surface area contributed by atoms with E-state index < -0.39 is 5.24 Å². The van der Waals surface area contributed by atoms with E-state index in [4.69, 9.17) is 28.3 Å². The van der Waals surface area contributed by atoms with E-state index in [0.717, 1.165) is 15.6 Å². The Hall–Kier alpha value is -0.610. The molecule has 2 nitrogen and oxygen atoms in total. The molecule has 0 aliphatic carbocycles. The molecule has 0 unspecified atom stereocenters. The number of aliphatic hydroxyl groups is 1. The summed E-state index contributed by atoms with van der Waals surface area (Å²) in [5, 5.41) is 9.59. The van der Waals surface area contributed by atoms with Gasteiger partial charge in [-0.15, -0.1) is 11.3 Å². The Balaban J connectivity index is 2.70. The van der Waals surface area contributed by atoms with Gasteiger partial charge in [-0.3, -0.25) is 4.79 Å². The molecule has 0 atom stereocenters. The van der Waals surface area contributed by atoms with E-state index in [0.29, 0.717) is 9.90 Å². The molecule has 1 aromatic carbocycles. The SMILES string of the molecule is O=C(Cl)c1sc2cc(CO)ccc2c1Cl. The molecule has 1 aromatic heterocycles. The van der Waals surface area contributed by atoms with Crippen LogP contribution in [0.25, 0.3) is 10.1 Å². The molecule has 1 N–H and O–H groups in total. The summed E-state index contributed by atoms with van der Waals surface area (Å²) < 4.78 is 0.857. The number of carbonyl (C=O) groups excluding carboxylic acids is 1. The molecule has 78 valence electrons. The lowest BCUT2D eigenvalue weighted by Gasteiger charge is -1.95. The minimum Gasteiger partial charge on any atom is -0.392 e. The van der Waals surface area contributed by atoms with Gasteiger partial charge in [0.05, 0.1) is 11.6 Å². The van der Waals surface area contributed by atoms with Gasteiger partial charge in [0.1, 0.15) is 4.88 Å². The summed E-state index contributed by atoms with van der Waals surface area (Å²) >= 11 is 12.6. The second kappa shape index (κ2) is 4.10. The minimum absolute atomic E-state index is 0.0321. The number of thiophene rings is 1. The van der Waals surface area contributed by atoms with Crippen molar-refractivity contribution in [2.75, 3.05) is 0 Å². The van der Waals surface area contributed by atoms with Gasteiger partial charge in [-0.2, -0.15) is 0 Å². The van der Waals surface area contributed by atoms with Crippen molar-refractivity contribution in [3.63, 3.8) is 0 Å². The van der Waals surface area contributed by atoms with Crippen molar-refractivity contribution in [3.05, 3.63) is 33.7 Å². The zero-order chi connectivity index (χ0) is 11.0. The first-order valence-electron chi connectivity index (χ1n) is 4.15. The number of carbonyl (C=O) groups is 1. The number of hydrogen-bond acceptors (Lipinski definition) is 3. The highest BCUT2D eigenvalue weighted by Crippen LogP contribution is 2.36. The first-order valence-corrected chi connectivity index (χ1v) is 5.72. The van der Waals surface area contributed by atoms with E-state index in [1.165, 1.54) is 11.3 Å². The van der Waals surface area contributed by atoms with Gasteiger partial charge in [0, 0.05) is 10.1 Å². The second-order valence-corrected chi connectivity index (χ2v) is 4.78. The third-order valence-corrected chi connectivity index (χ3v) is 4.01. The van der Waals surface area contributed by atoms with Gasteiger partial charge in [0.2, 0.25) is 0 Å². The topological polar surface area (TPSA) is 37.3 Å². The molecule has 5 heteroatoms. The molecule has 2 rings (SSSR count). The fraction of sp³-hybridized carbons (Fsp3) is 0.100. The number of rotatable bonds is 2. The van der Waals surface area contributed by atoms with E-state index >= 15 is 0 Å². The van der Waals surface area contributed by atoms with Crippen LogP contribution in [-0.4, -0.2) is 10.3 Å². The van der Waals surface area contributed by atoms with E-state index in [9.17, 15) is 4.79 Å². The number of hydrogen-bond donors (Lipinski definition) is 1. The van der Waals surface area contributed by atoms with Crippen LogP contribution in [0.4, 0.5) is 0 Å². The van der Waals surface area contributed by atoms with Crippen LogP contribution >= 0.6 is 34.5 Å². The van der Waals surface area contributed by atoms with Gasteiger partial charge >= 0.3 is 0 Å². The predicted molar refractivity (Wildman–Crippen MR) is 62.9 cm³/mol. The smallest absolute Gasteiger partial charge is 0.263 e. The van der Waals surface area contributed by atoms with Gasteiger partial charge in [0.15, 0.2) is 0 Å². The molecule has 1 heterocycles. The predicted octanol–water partition coefficient (Wildman–Crippen LogP) is 3.43. The van der Waals surface area contributed by atoms with Crippen LogP contribution in [0.1, 0.15) is 15.2 Å². The van der Waals surface area contributed by atoms with Crippen LogP contribution in [0.2, 0.25) is 5.02 Å². The van der Waals surface area contributed by atoms with E-state index in [1.807, 2.05) is 0 Å². The van der Waals surface area contributed by atoms with Crippen LogP contribution < -0.4 is 0 Å². The van der Waals surface area contributed by atoms with E-state index in [2.05, 4.69) is 0 Å². The zero-order valence-electron chi connectivity index (χ0n) is 7.46. The summed E-state index contributed by atoms with van der Waals surface area (Å²) in [6.45, 7) is -0.0321. The fourth-order valence-electron chi connectivity index (χ4n) is 1.33. The lowest BCUT2D eigenvalue weighted by molar-refractivity contribution is 0.108. The lowest BCUT2D eigenvalue weighted by Crippen LogP contribution is -1.82. The molecule has 0 saturated heterocycles. The Morgan fingerprint density at radius 1 is 1.47 bits per heavy atom. The zero-order valence-corrected chi connectivity index (χ0v) is 9.79. The van der Waals surface area contributed by atoms with Crippen LogP contribution in [0.5, 0.6) is 0 Å². The molecule has 0 aliphatic heterocycles. The van der Waals surface area contributed by atoms with Gasteiger partial charge < -0.3 is 5.11 Å². The summed E-state index contributed by atoms with van der Waals surface area (Å²) in [4.78, 5) is 11.4.